The summed E-state index contributed by atoms with van der Waals surface area (Å²) in [6, 6.07) is 5.90. The molecule has 0 radical (unpaired) electrons. The Balaban J connectivity index is 2.13. The van der Waals surface area contributed by atoms with Gasteiger partial charge in [-0.15, -0.1) is 0 Å². The normalized spacial score (nSPS) is 11.1. The number of benzene rings is 1. The lowest BCUT2D eigenvalue weighted by Crippen LogP contribution is -2.18. The van der Waals surface area contributed by atoms with Gasteiger partial charge in [-0.25, -0.2) is 5.43 Å². The first-order chi connectivity index (χ1) is 9.88. The highest BCUT2D eigenvalue weighted by atomic mass is 16.3. The maximum atomic E-state index is 12.0. The number of amides is 1. The molecule has 21 heavy (non-hydrogen) atoms. The maximum Gasteiger partial charge on any atom is 0.274 e. The van der Waals surface area contributed by atoms with Crippen LogP contribution in [0.1, 0.15) is 44.1 Å². The van der Waals surface area contributed by atoms with Crippen molar-refractivity contribution in [2.45, 2.75) is 34.6 Å². The van der Waals surface area contributed by atoms with Crippen LogP contribution in [0.2, 0.25) is 0 Å². The Labute approximate surface area is 124 Å². The summed E-state index contributed by atoms with van der Waals surface area (Å²) in [7, 11) is 0. The van der Waals surface area contributed by atoms with Gasteiger partial charge in [-0.3, -0.25) is 4.79 Å². The second-order valence-electron chi connectivity index (χ2n) is 5.34. The number of aryl methyl sites for hydroxylation is 5. The molecule has 1 aromatic heterocycles. The molecule has 0 aliphatic carbocycles. The van der Waals surface area contributed by atoms with E-state index in [0.717, 1.165) is 16.7 Å². The van der Waals surface area contributed by atoms with E-state index in [4.69, 9.17) is 4.42 Å². The van der Waals surface area contributed by atoms with Crippen molar-refractivity contribution in [2.75, 3.05) is 0 Å². The zero-order chi connectivity index (χ0) is 15.6. The number of nitrogens with one attached hydrogen (secondary N) is 1. The summed E-state index contributed by atoms with van der Waals surface area (Å²) in [6.07, 6.45) is 1.68. The van der Waals surface area contributed by atoms with Crippen LogP contribution in [0.15, 0.2) is 27.7 Å². The van der Waals surface area contributed by atoms with Crippen LogP contribution < -0.4 is 5.43 Å². The summed E-state index contributed by atoms with van der Waals surface area (Å²) in [5.74, 6) is 1.05. The fourth-order valence-electron chi connectivity index (χ4n) is 2.47. The van der Waals surface area contributed by atoms with E-state index in [-0.39, 0.29) is 5.91 Å². The van der Waals surface area contributed by atoms with Gasteiger partial charge in [0.15, 0.2) is 0 Å². The predicted molar refractivity (Wildman–Crippen MR) is 83.9 cm³/mol. The minimum atomic E-state index is -0.261. The van der Waals surface area contributed by atoms with Gasteiger partial charge in [0.2, 0.25) is 0 Å². The average molecular weight is 284 g/mol. The molecule has 110 valence electrons. The van der Waals surface area contributed by atoms with Crippen LogP contribution in [-0.2, 0) is 0 Å². The van der Waals surface area contributed by atoms with Crippen molar-refractivity contribution < 1.29 is 9.21 Å². The first kappa shape index (κ1) is 15.0. The molecule has 4 nitrogen and oxygen atoms in total. The summed E-state index contributed by atoms with van der Waals surface area (Å²) in [4.78, 5) is 12.0. The molecule has 2 rings (SSSR count). The highest BCUT2D eigenvalue weighted by molar-refractivity contribution is 5.96. The second-order valence-corrected chi connectivity index (χ2v) is 5.34. The van der Waals surface area contributed by atoms with Crippen LogP contribution in [-0.4, -0.2) is 12.1 Å². The lowest BCUT2D eigenvalue weighted by Gasteiger charge is -2.06. The maximum absolute atomic E-state index is 12.0. The Morgan fingerprint density at radius 2 is 1.71 bits per heavy atom. The van der Waals surface area contributed by atoms with Crippen LogP contribution in [0.25, 0.3) is 0 Å². The third kappa shape index (κ3) is 3.40. The molecule has 0 saturated heterocycles. The molecule has 0 aliphatic heterocycles. The Morgan fingerprint density at radius 3 is 2.24 bits per heavy atom. The van der Waals surface area contributed by atoms with E-state index in [9.17, 15) is 4.79 Å². The van der Waals surface area contributed by atoms with E-state index >= 15 is 0 Å². The van der Waals surface area contributed by atoms with Crippen molar-refractivity contribution in [3.05, 3.63) is 57.5 Å². The van der Waals surface area contributed by atoms with Gasteiger partial charge in [0.1, 0.15) is 11.5 Å². The molecule has 1 heterocycles. The van der Waals surface area contributed by atoms with Gasteiger partial charge in [-0.05, 0) is 51.8 Å². The van der Waals surface area contributed by atoms with Crippen LogP contribution in [0.5, 0.6) is 0 Å². The van der Waals surface area contributed by atoms with E-state index in [0.29, 0.717) is 17.1 Å². The first-order valence-electron chi connectivity index (χ1n) is 6.86. The third-order valence-corrected chi connectivity index (χ3v) is 3.38. The third-order valence-electron chi connectivity index (χ3n) is 3.38. The summed E-state index contributed by atoms with van der Waals surface area (Å²) >= 11 is 0. The number of hydrazone groups is 1. The largest absolute Gasteiger partial charge is 0.466 e. The molecule has 0 atom stereocenters. The molecule has 4 heteroatoms. The van der Waals surface area contributed by atoms with Crippen LogP contribution in [0, 0.1) is 34.6 Å². The summed E-state index contributed by atoms with van der Waals surface area (Å²) in [5.41, 5.74) is 7.58. The summed E-state index contributed by atoms with van der Waals surface area (Å²) < 4.78 is 5.34. The fraction of sp³-hybridized carbons (Fsp3) is 0.294. The molecule has 1 amide bonds. The standard InChI is InChI=1S/C17H20N2O2/c1-10-6-11(2)16(12(3)7-10)9-18-19-17(20)15-8-13(4)21-14(15)5/h6-9H,1-5H3,(H,19,20). The van der Waals surface area contributed by atoms with E-state index < -0.39 is 0 Å². The predicted octanol–water partition coefficient (Wildman–Crippen LogP) is 3.59. The van der Waals surface area contributed by atoms with Crippen molar-refractivity contribution in [1.29, 1.82) is 0 Å². The van der Waals surface area contributed by atoms with Gasteiger partial charge in [-0.2, -0.15) is 5.10 Å². The molecule has 2 aromatic rings. The molecule has 0 bridgehead atoms. The fourth-order valence-corrected chi connectivity index (χ4v) is 2.47. The number of furan rings is 1. The van der Waals surface area contributed by atoms with Crippen molar-refractivity contribution in [3.8, 4) is 0 Å². The molecule has 0 fully saturated rings. The van der Waals surface area contributed by atoms with Crippen molar-refractivity contribution in [2.24, 2.45) is 5.10 Å². The molecular formula is C17H20N2O2. The minimum absolute atomic E-state index is 0.261. The molecule has 0 spiro atoms. The quantitative estimate of drug-likeness (QED) is 0.691. The van der Waals surface area contributed by atoms with E-state index in [1.54, 1.807) is 19.2 Å². The minimum Gasteiger partial charge on any atom is -0.466 e. The number of hydrogen-bond donors (Lipinski definition) is 1. The summed E-state index contributed by atoms with van der Waals surface area (Å²) in [5, 5.41) is 4.05. The Hall–Kier alpha value is -2.36. The van der Waals surface area contributed by atoms with Gasteiger partial charge in [0.25, 0.3) is 5.91 Å². The van der Waals surface area contributed by atoms with Gasteiger partial charge < -0.3 is 4.42 Å². The van der Waals surface area contributed by atoms with Crippen LogP contribution in [0.4, 0.5) is 0 Å². The summed E-state index contributed by atoms with van der Waals surface area (Å²) in [6.45, 7) is 9.71. The number of carbonyl (C=O) groups excluding carboxylic acids is 1. The Morgan fingerprint density at radius 1 is 1.10 bits per heavy atom. The van der Waals surface area contributed by atoms with E-state index in [1.807, 2.05) is 20.8 Å². The average Bonchev–Trinajstić information content (AvgIpc) is 2.71. The van der Waals surface area contributed by atoms with Crippen molar-refractivity contribution >= 4 is 12.1 Å². The lowest BCUT2D eigenvalue weighted by atomic mass is 10.0. The topological polar surface area (TPSA) is 54.6 Å². The smallest absolute Gasteiger partial charge is 0.274 e. The first-order valence-corrected chi connectivity index (χ1v) is 6.86. The zero-order valence-corrected chi connectivity index (χ0v) is 13.1. The lowest BCUT2D eigenvalue weighted by molar-refractivity contribution is 0.0953. The van der Waals surface area contributed by atoms with Gasteiger partial charge in [0.05, 0.1) is 11.8 Å². The zero-order valence-electron chi connectivity index (χ0n) is 13.1. The number of hydrogen-bond acceptors (Lipinski definition) is 3. The molecule has 0 saturated carbocycles. The number of nitrogens with zero attached hydrogens (tertiary/aromatic N) is 1. The molecule has 1 N–H and O–H groups in total. The van der Waals surface area contributed by atoms with Crippen LogP contribution >= 0.6 is 0 Å². The van der Waals surface area contributed by atoms with E-state index in [2.05, 4.69) is 29.6 Å². The highest BCUT2D eigenvalue weighted by Crippen LogP contribution is 2.15. The molecular weight excluding hydrogens is 264 g/mol. The highest BCUT2D eigenvalue weighted by Gasteiger charge is 2.12. The SMILES string of the molecule is Cc1cc(C)c(C=NNC(=O)c2cc(C)oc2C)c(C)c1. The number of carbonyl (C=O) groups is 1. The van der Waals surface area contributed by atoms with Gasteiger partial charge >= 0.3 is 0 Å². The van der Waals surface area contributed by atoms with Crippen molar-refractivity contribution in [3.63, 3.8) is 0 Å². The van der Waals surface area contributed by atoms with Gasteiger partial charge in [-0.1, -0.05) is 17.7 Å². The molecule has 0 aliphatic rings. The Bertz CT molecular complexity index is 689. The second kappa shape index (κ2) is 5.95. The monoisotopic (exact) mass is 284 g/mol. The molecule has 1 aromatic carbocycles. The van der Waals surface area contributed by atoms with Crippen molar-refractivity contribution in [1.82, 2.24) is 5.43 Å². The molecule has 0 unspecified atom stereocenters. The Kier molecular flexibility index (Phi) is 4.26. The number of rotatable bonds is 3. The van der Waals surface area contributed by atoms with E-state index in [1.165, 1.54) is 5.56 Å². The van der Waals surface area contributed by atoms with Gasteiger partial charge in [0, 0.05) is 5.56 Å². The van der Waals surface area contributed by atoms with Crippen LogP contribution in [0.3, 0.4) is 0 Å².